The van der Waals surface area contributed by atoms with Crippen molar-refractivity contribution in [3.63, 3.8) is 0 Å². The van der Waals surface area contributed by atoms with Crippen LogP contribution in [0.15, 0.2) is 77.6 Å². The van der Waals surface area contributed by atoms with Crippen LogP contribution in [-0.2, 0) is 10.0 Å². The van der Waals surface area contributed by atoms with Crippen LogP contribution in [-0.4, -0.2) is 38.3 Å². The molecule has 0 saturated heterocycles. The summed E-state index contributed by atoms with van der Waals surface area (Å²) in [5.74, 6) is 0.972. The fraction of sp³-hybridized carbons (Fsp3) is 0.148. The minimum absolute atomic E-state index is 0.303. The number of nitrogens with zero attached hydrogens (tertiary/aromatic N) is 1. The van der Waals surface area contributed by atoms with Gasteiger partial charge in [0.1, 0.15) is 0 Å². The van der Waals surface area contributed by atoms with Gasteiger partial charge in [-0.2, -0.15) is 0 Å². The Bertz CT molecular complexity index is 1700. The van der Waals surface area contributed by atoms with Crippen molar-refractivity contribution in [1.82, 2.24) is 14.8 Å². The predicted molar refractivity (Wildman–Crippen MR) is 145 cm³/mol. The summed E-state index contributed by atoms with van der Waals surface area (Å²) >= 11 is 6.34. The monoisotopic (exact) mass is 537 g/mol. The third-order valence-corrected chi connectivity index (χ3v) is 7.49. The molecule has 10 heteroatoms. The Balaban J connectivity index is 1.77. The number of hydrogen-bond donors (Lipinski definition) is 2. The molecule has 3 aromatic carbocycles. The Morgan fingerprint density at radius 3 is 2.32 bits per heavy atom. The van der Waals surface area contributed by atoms with Gasteiger partial charge in [0.15, 0.2) is 11.5 Å². The van der Waals surface area contributed by atoms with Gasteiger partial charge in [-0.05, 0) is 47.5 Å². The summed E-state index contributed by atoms with van der Waals surface area (Å²) in [4.78, 5) is 16.4. The Labute approximate surface area is 219 Å². The minimum Gasteiger partial charge on any atom is -0.493 e. The zero-order valence-corrected chi connectivity index (χ0v) is 21.9. The number of benzene rings is 3. The Kier molecular flexibility index (Phi) is 6.45. The first-order chi connectivity index (χ1) is 17.7. The maximum atomic E-state index is 13.5. The van der Waals surface area contributed by atoms with E-state index >= 15 is 0 Å². The molecule has 1 aliphatic heterocycles. The first-order valence-corrected chi connectivity index (χ1v) is 13.5. The topological polar surface area (TPSA) is 101 Å². The molecule has 1 aromatic heterocycles. The van der Waals surface area contributed by atoms with E-state index in [0.717, 1.165) is 21.6 Å². The van der Waals surface area contributed by atoms with Crippen molar-refractivity contribution in [3.05, 3.63) is 99.3 Å². The zero-order valence-electron chi connectivity index (χ0n) is 20.3. The Morgan fingerprint density at radius 1 is 0.919 bits per heavy atom. The molecule has 0 saturated carbocycles. The highest BCUT2D eigenvalue weighted by Gasteiger charge is 2.35. The van der Waals surface area contributed by atoms with Crippen LogP contribution in [0.2, 0.25) is 5.02 Å². The molecule has 5 rings (SSSR count). The number of hydrogen-bond acceptors (Lipinski definition) is 6. The molecule has 0 unspecified atom stereocenters. The fourth-order valence-corrected chi connectivity index (χ4v) is 5.61. The highest BCUT2D eigenvalue weighted by atomic mass is 35.5. The van der Waals surface area contributed by atoms with E-state index in [1.54, 1.807) is 42.5 Å². The Hall–Kier alpha value is -3.79. The molecule has 37 heavy (non-hydrogen) atoms. The Morgan fingerprint density at radius 2 is 1.65 bits per heavy atom. The van der Waals surface area contributed by atoms with Gasteiger partial charge in [-0.1, -0.05) is 48.0 Å². The number of ether oxygens (including phenoxy) is 2. The van der Waals surface area contributed by atoms with Crippen molar-refractivity contribution in [2.45, 2.75) is 6.04 Å². The summed E-state index contributed by atoms with van der Waals surface area (Å²) in [6, 6.07) is 19.1. The summed E-state index contributed by atoms with van der Waals surface area (Å²) in [5.41, 5.74) is 5.94. The lowest BCUT2D eigenvalue weighted by Gasteiger charge is -2.23. The van der Waals surface area contributed by atoms with Gasteiger partial charge in [0.25, 0.3) is 5.56 Å². The number of nitrogens with one attached hydrogen (secondary N) is 2. The standard InChI is InChI=1S/C27H24ClN3O5S/c1-35-23-12-9-17(13-24(23)36-2)22-15-21(30-31(22)37(3,33)34)26-25(16-7-5-4-6-8-16)19-14-18(28)10-11-20(19)29-27(26)32/h4-15,22,30H,1-3H3,(H,29,32)/t22-/m0/s1. The highest BCUT2D eigenvalue weighted by Crippen LogP contribution is 2.40. The summed E-state index contributed by atoms with van der Waals surface area (Å²) in [5, 5.41) is 1.24. The van der Waals surface area contributed by atoms with E-state index in [1.165, 1.54) is 14.2 Å². The molecule has 0 amide bonds. The maximum absolute atomic E-state index is 13.5. The van der Waals surface area contributed by atoms with E-state index in [9.17, 15) is 13.2 Å². The molecule has 0 bridgehead atoms. The van der Waals surface area contributed by atoms with Crippen LogP contribution in [0, 0.1) is 0 Å². The van der Waals surface area contributed by atoms with E-state index in [4.69, 9.17) is 21.1 Å². The average molecular weight is 538 g/mol. The fourth-order valence-electron chi connectivity index (χ4n) is 4.57. The van der Waals surface area contributed by atoms with Crippen molar-refractivity contribution in [2.75, 3.05) is 20.5 Å². The van der Waals surface area contributed by atoms with E-state index < -0.39 is 16.1 Å². The second-order valence-electron chi connectivity index (χ2n) is 8.57. The van der Waals surface area contributed by atoms with Crippen LogP contribution in [0.25, 0.3) is 27.7 Å². The van der Waals surface area contributed by atoms with Gasteiger partial charge in [-0.3, -0.25) is 4.79 Å². The number of H-pyrrole nitrogens is 1. The first-order valence-electron chi connectivity index (χ1n) is 11.3. The number of pyridine rings is 1. The van der Waals surface area contributed by atoms with Crippen molar-refractivity contribution >= 4 is 38.2 Å². The summed E-state index contributed by atoms with van der Waals surface area (Å²) in [7, 11) is -0.714. The van der Waals surface area contributed by atoms with Gasteiger partial charge >= 0.3 is 0 Å². The number of aromatic nitrogens is 1. The molecule has 0 radical (unpaired) electrons. The highest BCUT2D eigenvalue weighted by molar-refractivity contribution is 7.88. The summed E-state index contributed by atoms with van der Waals surface area (Å²) < 4.78 is 37.6. The smallest absolute Gasteiger partial charge is 0.258 e. The summed E-state index contributed by atoms with van der Waals surface area (Å²) in [6.07, 6.45) is 2.82. The molecular weight excluding hydrogens is 514 g/mol. The van der Waals surface area contributed by atoms with E-state index in [0.29, 0.717) is 44.4 Å². The van der Waals surface area contributed by atoms with Gasteiger partial charge < -0.3 is 19.9 Å². The molecule has 0 fully saturated rings. The zero-order chi connectivity index (χ0) is 26.3. The minimum atomic E-state index is -3.75. The van der Waals surface area contributed by atoms with Crippen LogP contribution < -0.4 is 20.5 Å². The lowest BCUT2D eigenvalue weighted by Crippen LogP contribution is -2.39. The second kappa shape index (κ2) is 9.59. The number of aromatic amines is 1. The van der Waals surface area contributed by atoms with Crippen LogP contribution in [0.5, 0.6) is 11.5 Å². The van der Waals surface area contributed by atoms with E-state index in [1.807, 2.05) is 30.3 Å². The third kappa shape index (κ3) is 4.57. The van der Waals surface area contributed by atoms with Gasteiger partial charge in [0, 0.05) is 21.5 Å². The first kappa shape index (κ1) is 24.9. The quantitative estimate of drug-likeness (QED) is 0.369. The second-order valence-corrected chi connectivity index (χ2v) is 10.9. The molecule has 0 aliphatic carbocycles. The SMILES string of the molecule is COc1ccc([C@@H]2C=C(c3c(-c4ccccc4)c4cc(Cl)ccc4[nH]c3=O)NN2S(C)(=O)=O)cc1OC. The van der Waals surface area contributed by atoms with Crippen LogP contribution in [0.1, 0.15) is 17.2 Å². The third-order valence-electron chi connectivity index (χ3n) is 6.22. The average Bonchev–Trinajstić information content (AvgIpc) is 3.34. The molecule has 2 heterocycles. The largest absolute Gasteiger partial charge is 0.493 e. The van der Waals surface area contributed by atoms with Crippen LogP contribution >= 0.6 is 11.6 Å². The van der Waals surface area contributed by atoms with Crippen LogP contribution in [0.3, 0.4) is 0 Å². The van der Waals surface area contributed by atoms with E-state index in [-0.39, 0.29) is 5.56 Å². The molecule has 0 spiro atoms. The van der Waals surface area contributed by atoms with Crippen LogP contribution in [0.4, 0.5) is 0 Å². The number of fused-ring (bicyclic) bond motifs is 1. The van der Waals surface area contributed by atoms with Gasteiger partial charge in [-0.15, -0.1) is 4.41 Å². The van der Waals surface area contributed by atoms with Crippen molar-refractivity contribution < 1.29 is 17.9 Å². The number of sulfonamides is 1. The van der Waals surface area contributed by atoms with Gasteiger partial charge in [0.2, 0.25) is 10.0 Å². The molecule has 8 nitrogen and oxygen atoms in total. The van der Waals surface area contributed by atoms with E-state index in [2.05, 4.69) is 10.4 Å². The lowest BCUT2D eigenvalue weighted by atomic mass is 9.94. The molecule has 4 aromatic rings. The molecule has 190 valence electrons. The number of rotatable bonds is 6. The number of hydrazine groups is 1. The lowest BCUT2D eigenvalue weighted by molar-refractivity contribution is 0.342. The number of halogens is 1. The van der Waals surface area contributed by atoms with Crippen molar-refractivity contribution in [3.8, 4) is 22.6 Å². The number of methoxy groups -OCH3 is 2. The predicted octanol–water partition coefficient (Wildman–Crippen LogP) is 4.73. The molecule has 2 N–H and O–H groups in total. The normalized spacial score (nSPS) is 15.9. The summed E-state index contributed by atoms with van der Waals surface area (Å²) in [6.45, 7) is 0. The van der Waals surface area contributed by atoms with Gasteiger partial charge in [0.05, 0.1) is 37.8 Å². The molecule has 1 atom stereocenters. The van der Waals surface area contributed by atoms with Gasteiger partial charge in [-0.25, -0.2) is 8.42 Å². The van der Waals surface area contributed by atoms with Crippen molar-refractivity contribution in [1.29, 1.82) is 0 Å². The maximum Gasteiger partial charge on any atom is 0.258 e. The van der Waals surface area contributed by atoms with Crippen molar-refractivity contribution in [2.24, 2.45) is 0 Å². The molecule has 1 aliphatic rings. The molecular formula is C27H24ClN3O5S.